The van der Waals surface area contributed by atoms with E-state index in [4.69, 9.17) is 10.8 Å². The second-order valence-corrected chi connectivity index (χ2v) is 5.87. The Morgan fingerprint density at radius 1 is 1.14 bits per heavy atom. The number of aromatic carboxylic acids is 1. The maximum atomic E-state index is 12.3. The van der Waals surface area contributed by atoms with Crippen molar-refractivity contribution in [3.63, 3.8) is 0 Å². The first-order valence-corrected chi connectivity index (χ1v) is 7.22. The molecule has 2 rings (SSSR count). The zero-order valence-corrected chi connectivity index (χ0v) is 11.5. The molecule has 0 aliphatic heterocycles. The number of carboxylic acid groups (broad SMARTS) is 1. The first-order valence-electron chi connectivity index (χ1n) is 5.74. The maximum Gasteiger partial charge on any atom is 0.337 e. The van der Waals surface area contributed by atoms with E-state index in [9.17, 15) is 18.3 Å². The van der Waals surface area contributed by atoms with Gasteiger partial charge in [-0.25, -0.2) is 13.2 Å². The predicted octanol–water partition coefficient (Wildman–Crippen LogP) is 1.47. The summed E-state index contributed by atoms with van der Waals surface area (Å²) in [6.45, 7) is 0. The number of hydrogen-bond acceptors (Lipinski definition) is 5. The number of carbonyl (C=O) groups is 1. The fourth-order valence-corrected chi connectivity index (χ4v) is 3.00. The minimum absolute atomic E-state index is 0.105. The number of nitrogens with one attached hydrogen (secondary N) is 1. The van der Waals surface area contributed by atoms with Gasteiger partial charge in [0.15, 0.2) is 0 Å². The summed E-state index contributed by atoms with van der Waals surface area (Å²) in [6.07, 6.45) is 0. The third-order valence-electron chi connectivity index (χ3n) is 2.62. The summed E-state index contributed by atoms with van der Waals surface area (Å²) in [6, 6.07) is 8.93. The molecule has 0 amide bonds. The van der Waals surface area contributed by atoms with Crippen LogP contribution < -0.4 is 10.5 Å². The van der Waals surface area contributed by atoms with Crippen molar-refractivity contribution in [3.05, 3.63) is 48.0 Å². The lowest BCUT2D eigenvalue weighted by Gasteiger charge is -2.11. The lowest BCUT2D eigenvalue weighted by Crippen LogP contribution is -2.17. The molecular formula is C13H12N2O5S. The van der Waals surface area contributed by atoms with Gasteiger partial charge in [-0.1, -0.05) is 6.07 Å². The van der Waals surface area contributed by atoms with Crippen molar-refractivity contribution in [1.29, 1.82) is 0 Å². The van der Waals surface area contributed by atoms with Crippen LogP contribution in [0.25, 0.3) is 0 Å². The molecule has 0 fully saturated rings. The molecule has 7 nitrogen and oxygen atoms in total. The first-order chi connectivity index (χ1) is 9.79. The normalized spacial score (nSPS) is 11.0. The zero-order valence-electron chi connectivity index (χ0n) is 10.6. The molecule has 2 aromatic carbocycles. The number of nitrogens with two attached hydrogens (primary N) is 1. The van der Waals surface area contributed by atoms with E-state index in [0.29, 0.717) is 0 Å². The van der Waals surface area contributed by atoms with E-state index in [0.717, 1.165) is 12.1 Å². The summed E-state index contributed by atoms with van der Waals surface area (Å²) < 4.78 is 26.7. The van der Waals surface area contributed by atoms with Gasteiger partial charge >= 0.3 is 5.97 Å². The Labute approximate surface area is 120 Å². The average Bonchev–Trinajstić information content (AvgIpc) is 2.37. The summed E-state index contributed by atoms with van der Waals surface area (Å²) in [4.78, 5) is 10.7. The van der Waals surface area contributed by atoms with Crippen LogP contribution in [-0.4, -0.2) is 24.6 Å². The van der Waals surface area contributed by atoms with E-state index in [1.54, 1.807) is 0 Å². The average molecular weight is 308 g/mol. The van der Waals surface area contributed by atoms with Gasteiger partial charge in [0.05, 0.1) is 11.3 Å². The monoisotopic (exact) mass is 308 g/mol. The standard InChI is InChI=1S/C13H12N2O5S/c14-8-4-5-11(13(17)18)12(6-8)21(19,20)15-9-2-1-3-10(16)7-9/h1-7,15-16H,14H2,(H,17,18). The molecule has 0 aliphatic rings. The molecule has 0 saturated heterocycles. The van der Waals surface area contributed by atoms with Crippen molar-refractivity contribution in [1.82, 2.24) is 0 Å². The highest BCUT2D eigenvalue weighted by molar-refractivity contribution is 7.92. The molecule has 0 aromatic heterocycles. The van der Waals surface area contributed by atoms with Gasteiger partial charge in [0.2, 0.25) is 0 Å². The molecule has 0 heterocycles. The third kappa shape index (κ3) is 3.23. The molecule has 8 heteroatoms. The highest BCUT2D eigenvalue weighted by Crippen LogP contribution is 2.24. The number of benzene rings is 2. The van der Waals surface area contributed by atoms with E-state index >= 15 is 0 Å². The van der Waals surface area contributed by atoms with Crippen LogP contribution in [0, 0.1) is 0 Å². The molecule has 21 heavy (non-hydrogen) atoms. The summed E-state index contributed by atoms with van der Waals surface area (Å²) >= 11 is 0. The SMILES string of the molecule is Nc1ccc(C(=O)O)c(S(=O)(=O)Nc2cccc(O)c2)c1. The van der Waals surface area contributed by atoms with Crippen molar-refractivity contribution in [3.8, 4) is 5.75 Å². The number of carboxylic acids is 1. The molecule has 0 spiro atoms. The Hall–Kier alpha value is -2.74. The van der Waals surface area contributed by atoms with Gasteiger partial charge in [0.1, 0.15) is 10.6 Å². The van der Waals surface area contributed by atoms with Gasteiger partial charge in [-0.3, -0.25) is 4.72 Å². The Morgan fingerprint density at radius 3 is 2.48 bits per heavy atom. The highest BCUT2D eigenvalue weighted by atomic mass is 32.2. The van der Waals surface area contributed by atoms with Crippen LogP contribution in [0.5, 0.6) is 5.75 Å². The summed E-state index contributed by atoms with van der Waals surface area (Å²) in [5, 5.41) is 18.4. The minimum atomic E-state index is -4.15. The van der Waals surface area contributed by atoms with E-state index < -0.39 is 26.5 Å². The van der Waals surface area contributed by atoms with Crippen molar-refractivity contribution in [2.24, 2.45) is 0 Å². The molecule has 110 valence electrons. The predicted molar refractivity (Wildman–Crippen MR) is 76.7 cm³/mol. The molecule has 0 atom stereocenters. The number of sulfonamides is 1. The van der Waals surface area contributed by atoms with Crippen LogP contribution in [0.3, 0.4) is 0 Å². The number of hydrogen-bond donors (Lipinski definition) is 4. The smallest absolute Gasteiger partial charge is 0.337 e. The molecule has 2 aromatic rings. The molecule has 0 bridgehead atoms. The molecular weight excluding hydrogens is 296 g/mol. The number of rotatable bonds is 4. The van der Waals surface area contributed by atoms with Gasteiger partial charge in [0, 0.05) is 11.8 Å². The summed E-state index contributed by atoms with van der Waals surface area (Å²) in [5.41, 5.74) is 5.35. The van der Waals surface area contributed by atoms with Gasteiger partial charge < -0.3 is 15.9 Å². The van der Waals surface area contributed by atoms with Crippen LogP contribution >= 0.6 is 0 Å². The van der Waals surface area contributed by atoms with E-state index in [1.807, 2.05) is 0 Å². The second kappa shape index (κ2) is 5.33. The number of nitrogen functional groups attached to an aromatic ring is 1. The largest absolute Gasteiger partial charge is 0.508 e. The maximum absolute atomic E-state index is 12.3. The van der Waals surface area contributed by atoms with Gasteiger partial charge in [-0.2, -0.15) is 0 Å². The van der Waals surface area contributed by atoms with Crippen LogP contribution in [-0.2, 0) is 10.0 Å². The van der Waals surface area contributed by atoms with Crippen LogP contribution in [0.1, 0.15) is 10.4 Å². The molecule has 0 unspecified atom stereocenters. The summed E-state index contributed by atoms with van der Waals surface area (Å²) in [5.74, 6) is -1.51. The Bertz CT molecular complexity index is 802. The summed E-state index contributed by atoms with van der Waals surface area (Å²) in [7, 11) is -4.15. The van der Waals surface area contributed by atoms with Crippen molar-refractivity contribution >= 4 is 27.4 Å². The minimum Gasteiger partial charge on any atom is -0.508 e. The van der Waals surface area contributed by atoms with Crippen molar-refractivity contribution in [2.75, 3.05) is 10.5 Å². The number of anilines is 2. The number of aromatic hydroxyl groups is 1. The third-order valence-corrected chi connectivity index (χ3v) is 4.05. The Balaban J connectivity index is 2.49. The quantitative estimate of drug-likeness (QED) is 0.633. The van der Waals surface area contributed by atoms with Gasteiger partial charge in [-0.05, 0) is 30.3 Å². The molecule has 0 aliphatic carbocycles. The van der Waals surface area contributed by atoms with Crippen LogP contribution in [0.4, 0.5) is 11.4 Å². The van der Waals surface area contributed by atoms with Crippen molar-refractivity contribution < 1.29 is 23.4 Å². The molecule has 0 radical (unpaired) electrons. The van der Waals surface area contributed by atoms with Crippen molar-refractivity contribution in [2.45, 2.75) is 4.90 Å². The zero-order chi connectivity index (χ0) is 15.6. The van der Waals surface area contributed by atoms with E-state index in [-0.39, 0.29) is 17.1 Å². The fourth-order valence-electron chi connectivity index (χ4n) is 1.72. The lowest BCUT2D eigenvalue weighted by atomic mass is 10.2. The van der Waals surface area contributed by atoms with Crippen LogP contribution in [0.2, 0.25) is 0 Å². The second-order valence-electron chi connectivity index (χ2n) is 4.22. The lowest BCUT2D eigenvalue weighted by molar-refractivity contribution is 0.0692. The topological polar surface area (TPSA) is 130 Å². The van der Waals surface area contributed by atoms with E-state index in [2.05, 4.69) is 4.72 Å². The first kappa shape index (κ1) is 14.7. The van der Waals surface area contributed by atoms with E-state index in [1.165, 1.54) is 30.3 Å². The van der Waals surface area contributed by atoms with Crippen LogP contribution in [0.15, 0.2) is 47.4 Å². The fraction of sp³-hybridized carbons (Fsp3) is 0. The molecule has 5 N–H and O–H groups in total. The Morgan fingerprint density at radius 2 is 1.86 bits per heavy atom. The highest BCUT2D eigenvalue weighted by Gasteiger charge is 2.22. The van der Waals surface area contributed by atoms with Gasteiger partial charge in [0.25, 0.3) is 10.0 Å². The molecule has 0 saturated carbocycles. The van der Waals surface area contributed by atoms with Gasteiger partial charge in [-0.15, -0.1) is 0 Å². The number of phenolic OH excluding ortho intramolecular Hbond substituents is 1. The number of phenols is 1. The Kier molecular flexibility index (Phi) is 3.72.